The van der Waals surface area contributed by atoms with Gasteiger partial charge >= 0.3 is 0 Å². The van der Waals surface area contributed by atoms with Crippen molar-refractivity contribution in [3.05, 3.63) is 65.1 Å². The van der Waals surface area contributed by atoms with E-state index in [1.807, 2.05) is 13.0 Å². The number of hydrogen-bond acceptors (Lipinski definition) is 4. The Kier molecular flexibility index (Phi) is 4.37. The highest BCUT2D eigenvalue weighted by Crippen LogP contribution is 2.27. The quantitative estimate of drug-likeness (QED) is 0.734. The molecule has 0 saturated carbocycles. The number of sulfonamides is 1. The molecule has 0 atom stereocenters. The van der Waals surface area contributed by atoms with Crippen molar-refractivity contribution in [2.75, 3.05) is 4.72 Å². The zero-order chi connectivity index (χ0) is 19.1. The first kappa shape index (κ1) is 17.8. The van der Waals surface area contributed by atoms with Crippen LogP contribution in [0.3, 0.4) is 0 Å². The van der Waals surface area contributed by atoms with Crippen molar-refractivity contribution in [2.24, 2.45) is 5.73 Å². The van der Waals surface area contributed by atoms with Crippen molar-refractivity contribution in [3.8, 4) is 0 Å². The monoisotopic (exact) mass is 373 g/mol. The molecule has 134 valence electrons. The van der Waals surface area contributed by atoms with E-state index in [2.05, 4.69) is 9.71 Å². The number of benzene rings is 2. The van der Waals surface area contributed by atoms with Crippen molar-refractivity contribution < 1.29 is 17.6 Å². The first-order valence-corrected chi connectivity index (χ1v) is 9.15. The van der Waals surface area contributed by atoms with Crippen molar-refractivity contribution in [3.63, 3.8) is 0 Å². The third kappa shape index (κ3) is 3.23. The number of aromatic nitrogens is 1. The minimum Gasteiger partial charge on any atom is -0.366 e. The molecule has 0 fully saturated rings. The number of carbonyl (C=O) groups is 1. The summed E-state index contributed by atoms with van der Waals surface area (Å²) in [4.78, 5) is 15.5. The Morgan fingerprint density at radius 2 is 1.92 bits per heavy atom. The second-order valence-electron chi connectivity index (χ2n) is 5.94. The lowest BCUT2D eigenvalue weighted by atomic mass is 10.1. The molecule has 3 rings (SSSR count). The number of rotatable bonds is 4. The van der Waals surface area contributed by atoms with Crippen LogP contribution in [-0.4, -0.2) is 19.3 Å². The van der Waals surface area contributed by atoms with E-state index in [4.69, 9.17) is 5.73 Å². The molecule has 3 N–H and O–H groups in total. The van der Waals surface area contributed by atoms with E-state index in [1.54, 1.807) is 18.3 Å². The van der Waals surface area contributed by atoms with Gasteiger partial charge in [-0.1, -0.05) is 12.1 Å². The molecule has 2 aromatic carbocycles. The molecule has 0 bridgehead atoms. The van der Waals surface area contributed by atoms with E-state index in [9.17, 15) is 17.6 Å². The number of primary amides is 1. The van der Waals surface area contributed by atoms with E-state index in [-0.39, 0.29) is 21.7 Å². The topological polar surface area (TPSA) is 102 Å². The molecule has 0 unspecified atom stereocenters. The molecule has 8 heteroatoms. The first-order chi connectivity index (χ1) is 12.2. The van der Waals surface area contributed by atoms with E-state index in [1.165, 1.54) is 19.1 Å². The number of nitrogens with two attached hydrogens (primary N) is 1. The van der Waals surface area contributed by atoms with Gasteiger partial charge in [-0.25, -0.2) is 12.8 Å². The summed E-state index contributed by atoms with van der Waals surface area (Å²) in [7, 11) is -4.07. The van der Waals surface area contributed by atoms with Crippen LogP contribution in [0.25, 0.3) is 10.9 Å². The minimum absolute atomic E-state index is 0.0423. The summed E-state index contributed by atoms with van der Waals surface area (Å²) in [5.41, 5.74) is 6.25. The zero-order valence-electron chi connectivity index (χ0n) is 14.1. The van der Waals surface area contributed by atoms with Crippen LogP contribution in [0.1, 0.15) is 21.5 Å². The average Bonchev–Trinajstić information content (AvgIpc) is 2.57. The Morgan fingerprint density at radius 1 is 1.19 bits per heavy atom. The van der Waals surface area contributed by atoms with Crippen LogP contribution < -0.4 is 10.5 Å². The van der Waals surface area contributed by atoms with Gasteiger partial charge in [-0.2, -0.15) is 0 Å². The molecule has 0 aliphatic heterocycles. The van der Waals surface area contributed by atoms with Gasteiger partial charge in [0.1, 0.15) is 10.7 Å². The van der Waals surface area contributed by atoms with Crippen LogP contribution >= 0.6 is 0 Å². The van der Waals surface area contributed by atoms with Crippen LogP contribution in [0.2, 0.25) is 0 Å². The molecule has 0 aliphatic carbocycles. The summed E-state index contributed by atoms with van der Waals surface area (Å²) in [5, 5.41) is 0.668. The van der Waals surface area contributed by atoms with E-state index < -0.39 is 21.7 Å². The minimum atomic E-state index is -4.07. The Morgan fingerprint density at radius 3 is 2.62 bits per heavy atom. The molecule has 0 saturated heterocycles. The lowest BCUT2D eigenvalue weighted by Crippen LogP contribution is -2.17. The summed E-state index contributed by atoms with van der Waals surface area (Å²) >= 11 is 0. The van der Waals surface area contributed by atoms with Gasteiger partial charge in [0.15, 0.2) is 0 Å². The first-order valence-electron chi connectivity index (χ1n) is 7.67. The molecule has 1 heterocycles. The summed E-state index contributed by atoms with van der Waals surface area (Å²) in [6.45, 7) is 3.26. The number of halogens is 1. The number of aryl methyl sites for hydroxylation is 1. The SMILES string of the molecule is Cc1cnc2c(S(=O)(=O)Nc3cc(C(N)=O)cc(F)c3C)cccc2c1. The third-order valence-electron chi connectivity index (χ3n) is 3.97. The summed E-state index contributed by atoms with van der Waals surface area (Å²) in [6, 6.07) is 8.77. The van der Waals surface area contributed by atoms with Crippen LogP contribution in [0, 0.1) is 19.7 Å². The van der Waals surface area contributed by atoms with Crippen molar-refractivity contribution in [1.82, 2.24) is 4.98 Å². The standard InChI is InChI=1S/C18H16FN3O3S/c1-10-6-12-4-3-5-16(17(12)21-9-10)26(24,25)22-15-8-13(18(20)23)7-14(19)11(15)2/h3-9,22H,1-2H3,(H2,20,23). The molecule has 3 aromatic rings. The van der Waals surface area contributed by atoms with Gasteiger partial charge in [0, 0.05) is 22.7 Å². The number of amides is 1. The molecule has 0 spiro atoms. The fourth-order valence-electron chi connectivity index (χ4n) is 2.59. The maximum atomic E-state index is 14.0. The number of hydrogen-bond donors (Lipinski definition) is 2. The summed E-state index contributed by atoms with van der Waals surface area (Å²) in [5.74, 6) is -1.59. The Hall–Kier alpha value is -3.00. The highest BCUT2D eigenvalue weighted by molar-refractivity contribution is 7.93. The third-order valence-corrected chi connectivity index (χ3v) is 5.37. The molecule has 0 radical (unpaired) electrons. The van der Waals surface area contributed by atoms with Crippen molar-refractivity contribution >= 4 is 32.5 Å². The number of anilines is 1. The fourth-order valence-corrected chi connectivity index (χ4v) is 3.88. The average molecular weight is 373 g/mol. The lowest BCUT2D eigenvalue weighted by molar-refractivity contribution is 0.1000. The highest BCUT2D eigenvalue weighted by atomic mass is 32.2. The van der Waals surface area contributed by atoms with E-state index >= 15 is 0 Å². The molecular weight excluding hydrogens is 357 g/mol. The van der Waals surface area contributed by atoms with Gasteiger partial charge in [-0.05, 0) is 43.7 Å². The van der Waals surface area contributed by atoms with Crippen molar-refractivity contribution in [1.29, 1.82) is 0 Å². The largest absolute Gasteiger partial charge is 0.366 e. The molecule has 0 aliphatic rings. The van der Waals surface area contributed by atoms with E-state index in [0.717, 1.165) is 11.6 Å². The molecule has 1 aromatic heterocycles. The maximum absolute atomic E-state index is 14.0. The van der Waals surface area contributed by atoms with Gasteiger partial charge in [-0.15, -0.1) is 0 Å². The zero-order valence-corrected chi connectivity index (χ0v) is 14.9. The van der Waals surface area contributed by atoms with Gasteiger partial charge in [0.2, 0.25) is 5.91 Å². The van der Waals surface area contributed by atoms with Gasteiger partial charge < -0.3 is 5.73 Å². The number of pyridine rings is 1. The predicted octanol–water partition coefficient (Wildman–Crippen LogP) is 2.89. The number of fused-ring (bicyclic) bond motifs is 1. The number of nitrogens with zero attached hydrogens (tertiary/aromatic N) is 1. The summed E-state index contributed by atoms with van der Waals surface area (Å²) in [6.07, 6.45) is 1.57. The maximum Gasteiger partial charge on any atom is 0.264 e. The highest BCUT2D eigenvalue weighted by Gasteiger charge is 2.21. The smallest absolute Gasteiger partial charge is 0.264 e. The van der Waals surface area contributed by atoms with Crippen molar-refractivity contribution in [2.45, 2.75) is 18.7 Å². The normalized spacial score (nSPS) is 11.5. The summed E-state index contributed by atoms with van der Waals surface area (Å²) < 4.78 is 42.1. The van der Waals surface area contributed by atoms with Gasteiger partial charge in [0.05, 0.1) is 11.2 Å². The van der Waals surface area contributed by atoms with E-state index in [0.29, 0.717) is 10.9 Å². The molecule has 26 heavy (non-hydrogen) atoms. The molecular formula is C18H16FN3O3S. The van der Waals surface area contributed by atoms with Crippen LogP contribution in [0.15, 0.2) is 47.5 Å². The van der Waals surface area contributed by atoms with Crippen LogP contribution in [-0.2, 0) is 10.0 Å². The second-order valence-corrected chi connectivity index (χ2v) is 7.59. The van der Waals surface area contributed by atoms with Crippen LogP contribution in [0.4, 0.5) is 10.1 Å². The molecule has 6 nitrogen and oxygen atoms in total. The van der Waals surface area contributed by atoms with Crippen LogP contribution in [0.5, 0.6) is 0 Å². The predicted molar refractivity (Wildman–Crippen MR) is 96.9 cm³/mol. The Bertz CT molecular complexity index is 1140. The second kappa shape index (κ2) is 6.38. The Balaban J connectivity index is 2.13. The number of carbonyl (C=O) groups excluding carboxylic acids is 1. The molecule has 1 amide bonds. The number of para-hydroxylation sites is 1. The lowest BCUT2D eigenvalue weighted by Gasteiger charge is -2.13. The van der Waals surface area contributed by atoms with Gasteiger partial charge in [-0.3, -0.25) is 14.5 Å². The fraction of sp³-hybridized carbons (Fsp3) is 0.111. The Labute approximate surface area is 149 Å². The van der Waals surface area contributed by atoms with Gasteiger partial charge in [0.25, 0.3) is 10.0 Å². The number of nitrogens with one attached hydrogen (secondary N) is 1.